The molecule has 1 atom stereocenters. The fourth-order valence-electron chi connectivity index (χ4n) is 2.13. The van der Waals surface area contributed by atoms with Gasteiger partial charge in [0.05, 0.1) is 0 Å². The lowest BCUT2D eigenvalue weighted by Gasteiger charge is -2.19. The molecule has 1 aliphatic heterocycles. The zero-order chi connectivity index (χ0) is 9.97. The molecule has 0 spiro atoms. The molecule has 84 valence electrons. The summed E-state index contributed by atoms with van der Waals surface area (Å²) < 4.78 is 0. The van der Waals surface area contributed by atoms with Crippen molar-refractivity contribution in [2.75, 3.05) is 19.0 Å². The molecule has 1 fully saturated rings. The number of nitrogens with two attached hydrogens (primary N) is 1. The summed E-state index contributed by atoms with van der Waals surface area (Å²) in [5, 5.41) is 0. The fourth-order valence-corrected chi connectivity index (χ4v) is 2.13. The Bertz CT molecular complexity index is 299. The largest absolute Gasteiger partial charge is 0.324 e. The highest BCUT2D eigenvalue weighted by molar-refractivity contribution is 5.85. The molecule has 1 aromatic rings. The van der Waals surface area contributed by atoms with Gasteiger partial charge in [0.25, 0.3) is 0 Å². The van der Waals surface area contributed by atoms with E-state index in [1.807, 2.05) is 12.1 Å². The van der Waals surface area contributed by atoms with Crippen molar-refractivity contribution in [1.29, 1.82) is 0 Å². The van der Waals surface area contributed by atoms with E-state index >= 15 is 0 Å². The van der Waals surface area contributed by atoms with Crippen LogP contribution in [0.25, 0.3) is 0 Å². The van der Waals surface area contributed by atoms with Crippen LogP contribution in [0.5, 0.6) is 0 Å². The lowest BCUT2D eigenvalue weighted by molar-refractivity contribution is 0.317. The van der Waals surface area contributed by atoms with Gasteiger partial charge in [-0.1, -0.05) is 12.1 Å². The Hall–Kier alpha value is -0.770. The van der Waals surface area contributed by atoms with Gasteiger partial charge in [-0.2, -0.15) is 0 Å². The van der Waals surface area contributed by atoms with E-state index in [1.165, 1.54) is 24.9 Å². The highest BCUT2D eigenvalue weighted by atomic mass is 35.5. The number of nitrogens with zero attached hydrogens (tertiary/aromatic N) is 1. The summed E-state index contributed by atoms with van der Waals surface area (Å²) in [5.74, 6) is 5.32. The van der Waals surface area contributed by atoms with Crippen LogP contribution >= 0.6 is 12.4 Å². The molecule has 1 aliphatic rings. The van der Waals surface area contributed by atoms with Crippen molar-refractivity contribution >= 4 is 18.1 Å². The lowest BCUT2D eigenvalue weighted by atomic mass is 10.0. The van der Waals surface area contributed by atoms with Crippen LogP contribution in [0.1, 0.15) is 24.4 Å². The van der Waals surface area contributed by atoms with Gasteiger partial charge in [-0.05, 0) is 44.1 Å². The monoisotopic (exact) mass is 227 g/mol. The number of likely N-dealkylation sites (tertiary alicyclic amines) is 1. The molecule has 0 aliphatic carbocycles. The molecular weight excluding hydrogens is 210 g/mol. The Balaban J connectivity index is 0.00000112. The van der Waals surface area contributed by atoms with E-state index in [1.54, 1.807) is 0 Å². The van der Waals surface area contributed by atoms with E-state index in [0.717, 1.165) is 5.69 Å². The van der Waals surface area contributed by atoms with E-state index in [2.05, 4.69) is 29.5 Å². The summed E-state index contributed by atoms with van der Waals surface area (Å²) in [6.45, 7) is 1.21. The van der Waals surface area contributed by atoms with Crippen molar-refractivity contribution in [3.8, 4) is 0 Å². The standard InChI is InChI=1S/C11H17N3.ClH/c1-14-8-2-3-11(14)9-4-6-10(13-12)7-5-9;/h4-7,11,13H,2-3,8,12H2,1H3;1H. The third kappa shape index (κ3) is 2.62. The Morgan fingerprint density at radius 1 is 1.33 bits per heavy atom. The molecule has 0 saturated carbocycles. The number of nitrogen functional groups attached to an aromatic ring is 1. The maximum Gasteiger partial charge on any atom is 0.0485 e. The number of hydrogen-bond acceptors (Lipinski definition) is 3. The topological polar surface area (TPSA) is 41.3 Å². The second-order valence-corrected chi connectivity index (χ2v) is 3.90. The van der Waals surface area contributed by atoms with Gasteiger partial charge in [0.1, 0.15) is 0 Å². The Labute approximate surface area is 97.0 Å². The highest BCUT2D eigenvalue weighted by Crippen LogP contribution is 2.30. The van der Waals surface area contributed by atoms with Crippen molar-refractivity contribution in [2.24, 2.45) is 5.84 Å². The van der Waals surface area contributed by atoms with Gasteiger partial charge in [0.15, 0.2) is 0 Å². The molecule has 1 unspecified atom stereocenters. The molecule has 2 rings (SSSR count). The number of anilines is 1. The molecule has 0 aromatic heterocycles. The minimum absolute atomic E-state index is 0. The number of hydrazine groups is 1. The van der Waals surface area contributed by atoms with Crippen molar-refractivity contribution in [2.45, 2.75) is 18.9 Å². The maximum atomic E-state index is 5.32. The van der Waals surface area contributed by atoms with E-state index in [0.29, 0.717) is 6.04 Å². The summed E-state index contributed by atoms with van der Waals surface area (Å²) in [6.07, 6.45) is 2.57. The molecule has 0 amide bonds. The van der Waals surface area contributed by atoms with Crippen LogP contribution in [0.15, 0.2) is 24.3 Å². The van der Waals surface area contributed by atoms with Crippen molar-refractivity contribution in [1.82, 2.24) is 4.90 Å². The highest BCUT2D eigenvalue weighted by Gasteiger charge is 2.21. The van der Waals surface area contributed by atoms with Crippen LogP contribution in [0.3, 0.4) is 0 Å². The quantitative estimate of drug-likeness (QED) is 0.601. The first-order valence-corrected chi connectivity index (χ1v) is 5.08. The summed E-state index contributed by atoms with van der Waals surface area (Å²) in [5.41, 5.74) is 5.00. The second kappa shape index (κ2) is 5.35. The summed E-state index contributed by atoms with van der Waals surface area (Å²) >= 11 is 0. The predicted octanol–water partition coefficient (Wildman–Crippen LogP) is 2.16. The zero-order valence-corrected chi connectivity index (χ0v) is 9.76. The first kappa shape index (κ1) is 12.3. The molecule has 1 saturated heterocycles. The van der Waals surface area contributed by atoms with Gasteiger partial charge in [-0.15, -0.1) is 12.4 Å². The van der Waals surface area contributed by atoms with Crippen molar-refractivity contribution < 1.29 is 0 Å². The Morgan fingerprint density at radius 3 is 2.47 bits per heavy atom. The van der Waals surface area contributed by atoms with Gasteiger partial charge >= 0.3 is 0 Å². The Morgan fingerprint density at radius 2 is 2.00 bits per heavy atom. The average Bonchev–Trinajstić information content (AvgIpc) is 2.65. The first-order chi connectivity index (χ1) is 6.81. The molecule has 1 heterocycles. The van der Waals surface area contributed by atoms with Gasteiger partial charge in [0.2, 0.25) is 0 Å². The van der Waals surface area contributed by atoms with Crippen molar-refractivity contribution in [3.05, 3.63) is 29.8 Å². The predicted molar refractivity (Wildman–Crippen MR) is 66.1 cm³/mol. The third-order valence-electron chi connectivity index (χ3n) is 2.98. The zero-order valence-electron chi connectivity index (χ0n) is 8.94. The number of nitrogens with one attached hydrogen (secondary N) is 1. The maximum absolute atomic E-state index is 5.32. The molecule has 3 nitrogen and oxygen atoms in total. The first-order valence-electron chi connectivity index (χ1n) is 5.08. The SMILES string of the molecule is CN1CCCC1c1ccc(NN)cc1.Cl. The fraction of sp³-hybridized carbons (Fsp3) is 0.455. The molecule has 3 N–H and O–H groups in total. The molecule has 0 bridgehead atoms. The molecule has 4 heteroatoms. The minimum Gasteiger partial charge on any atom is -0.324 e. The van der Waals surface area contributed by atoms with Crippen molar-refractivity contribution in [3.63, 3.8) is 0 Å². The van der Waals surface area contributed by atoms with Gasteiger partial charge in [-0.25, -0.2) is 0 Å². The molecule has 1 aromatic carbocycles. The van der Waals surface area contributed by atoms with Crippen LogP contribution < -0.4 is 11.3 Å². The van der Waals surface area contributed by atoms with Crippen LogP contribution in [0.4, 0.5) is 5.69 Å². The normalized spacial score (nSPS) is 21.1. The summed E-state index contributed by atoms with van der Waals surface area (Å²) in [6, 6.07) is 8.97. The van der Waals surface area contributed by atoms with Gasteiger partial charge in [-0.3, -0.25) is 10.7 Å². The van der Waals surface area contributed by atoms with Crippen LogP contribution in [0.2, 0.25) is 0 Å². The molecule has 0 radical (unpaired) electrons. The van der Waals surface area contributed by atoms with E-state index < -0.39 is 0 Å². The van der Waals surface area contributed by atoms with Crippen LogP contribution in [0, 0.1) is 0 Å². The van der Waals surface area contributed by atoms with E-state index in [9.17, 15) is 0 Å². The number of benzene rings is 1. The summed E-state index contributed by atoms with van der Waals surface area (Å²) in [4.78, 5) is 2.41. The molecular formula is C11H18ClN3. The Kier molecular flexibility index (Phi) is 4.39. The second-order valence-electron chi connectivity index (χ2n) is 3.90. The average molecular weight is 228 g/mol. The van der Waals surface area contributed by atoms with Crippen LogP contribution in [-0.4, -0.2) is 18.5 Å². The van der Waals surface area contributed by atoms with E-state index in [-0.39, 0.29) is 12.4 Å². The number of hydrogen-bond donors (Lipinski definition) is 2. The third-order valence-corrected chi connectivity index (χ3v) is 2.98. The molecule has 15 heavy (non-hydrogen) atoms. The van der Waals surface area contributed by atoms with Crippen LogP contribution in [-0.2, 0) is 0 Å². The van der Waals surface area contributed by atoms with E-state index in [4.69, 9.17) is 5.84 Å². The minimum atomic E-state index is 0. The van der Waals surface area contributed by atoms with Gasteiger partial charge < -0.3 is 5.43 Å². The summed E-state index contributed by atoms with van der Waals surface area (Å²) in [7, 11) is 2.19. The number of halogens is 1. The lowest BCUT2D eigenvalue weighted by Crippen LogP contribution is -2.17. The number of rotatable bonds is 2. The van der Waals surface area contributed by atoms with Gasteiger partial charge in [0, 0.05) is 11.7 Å². The smallest absolute Gasteiger partial charge is 0.0485 e.